The second kappa shape index (κ2) is 13.9. The molecule has 3 nitrogen and oxygen atoms in total. The normalized spacial score (nSPS) is 10.8. The molecule has 7 rings (SSSR count). The maximum Gasteiger partial charge on any atom is 0.134 e. The van der Waals surface area contributed by atoms with Crippen LogP contribution < -0.4 is 0 Å². The van der Waals surface area contributed by atoms with Crippen LogP contribution in [0.25, 0.3) is 55.6 Å². The predicted octanol–water partition coefficient (Wildman–Crippen LogP) is 10.3. The Hall–Kier alpha value is -4.44. The van der Waals surface area contributed by atoms with E-state index in [1.54, 1.807) is 6.07 Å². The average Bonchev–Trinajstić information content (AvgIpc) is 3.41. The number of aryl methyl sites for hydroxylation is 1. The van der Waals surface area contributed by atoms with Crippen LogP contribution in [0.5, 0.6) is 0 Å². The zero-order valence-electron chi connectivity index (χ0n) is 24.8. The molecule has 7 aromatic rings. The number of furan rings is 1. The molecule has 0 saturated heterocycles. The summed E-state index contributed by atoms with van der Waals surface area (Å²) in [6.07, 6.45) is 4.88. The van der Waals surface area contributed by atoms with Gasteiger partial charge in [0.05, 0.1) is 11.1 Å². The molecule has 0 bridgehead atoms. The maximum absolute atomic E-state index is 14.7. The summed E-state index contributed by atoms with van der Waals surface area (Å²) in [5.74, 6) is 0.377. The second-order valence-electron chi connectivity index (χ2n) is 11.0. The molecule has 44 heavy (non-hydrogen) atoms. The molecule has 5 heteroatoms. The van der Waals surface area contributed by atoms with Crippen molar-refractivity contribution in [3.63, 3.8) is 0 Å². The van der Waals surface area contributed by atoms with Crippen LogP contribution in [-0.2, 0) is 26.5 Å². The van der Waals surface area contributed by atoms with E-state index in [2.05, 4.69) is 48.1 Å². The number of hydrogen-bond acceptors (Lipinski definition) is 3. The largest absolute Gasteiger partial charge is 0.500 e. The van der Waals surface area contributed by atoms with E-state index in [-0.39, 0.29) is 25.9 Å². The van der Waals surface area contributed by atoms with Gasteiger partial charge in [-0.2, -0.15) is 0 Å². The number of fused-ring (bicyclic) bond motifs is 3. The molecule has 3 aromatic heterocycles. The molecular weight excluding hydrogens is 724 g/mol. The van der Waals surface area contributed by atoms with E-state index in [0.717, 1.165) is 50.8 Å². The fourth-order valence-electron chi connectivity index (χ4n) is 5.19. The molecule has 4 aromatic carbocycles. The minimum atomic E-state index is -0.299. The van der Waals surface area contributed by atoms with Gasteiger partial charge in [0.1, 0.15) is 11.4 Å². The van der Waals surface area contributed by atoms with Crippen LogP contribution in [0.4, 0.5) is 4.39 Å². The standard InChI is InChI=1S/C24H15FNO.C15H16N.Ir/c1-15-10-13-21(26-14-15)19-9-5-8-17-18-11-12-20(25)22(24(18)27-23(17)19)16-6-3-2-4-7-16;1-12(2)10-13-8-9-15(16-11-13)14-6-4-3-5-7-14;/h2-8,10-14H,1H3;3-6,8-9,11-12H,10H2,1-2H3;/q2*-1;. The summed E-state index contributed by atoms with van der Waals surface area (Å²) in [7, 11) is 0. The molecule has 0 aliphatic rings. The molecule has 1 radical (unpaired) electrons. The summed E-state index contributed by atoms with van der Waals surface area (Å²) in [4.78, 5) is 8.97. The van der Waals surface area contributed by atoms with Gasteiger partial charge < -0.3 is 14.4 Å². The smallest absolute Gasteiger partial charge is 0.134 e. The Bertz CT molecular complexity index is 1970. The summed E-state index contributed by atoms with van der Waals surface area (Å²) >= 11 is 0. The van der Waals surface area contributed by atoms with Crippen molar-refractivity contribution in [3.05, 3.63) is 145 Å². The van der Waals surface area contributed by atoms with Crippen molar-refractivity contribution >= 4 is 21.9 Å². The minimum Gasteiger partial charge on any atom is -0.500 e. The Morgan fingerprint density at radius 1 is 0.727 bits per heavy atom. The van der Waals surface area contributed by atoms with E-state index in [1.165, 1.54) is 11.6 Å². The van der Waals surface area contributed by atoms with Gasteiger partial charge in [0.15, 0.2) is 0 Å². The van der Waals surface area contributed by atoms with Crippen molar-refractivity contribution in [1.29, 1.82) is 0 Å². The molecule has 0 aliphatic carbocycles. The van der Waals surface area contributed by atoms with Gasteiger partial charge in [-0.05, 0) is 59.5 Å². The number of pyridine rings is 2. The number of halogens is 1. The SMILES string of the molecule is CC(C)Cc1ccc(-c2[c-]cccc2)nc1.Cc1ccc(-c2[c-]ccc3c2oc2c(-c4ccccc4)c(F)ccc23)nc1.[Ir]. The van der Waals surface area contributed by atoms with E-state index in [4.69, 9.17) is 4.42 Å². The quantitative estimate of drug-likeness (QED) is 0.164. The fraction of sp³-hybridized carbons (Fsp3) is 0.128. The van der Waals surface area contributed by atoms with Crippen molar-refractivity contribution in [2.24, 2.45) is 5.92 Å². The predicted molar refractivity (Wildman–Crippen MR) is 173 cm³/mol. The Morgan fingerprint density at radius 2 is 1.48 bits per heavy atom. The molecule has 0 unspecified atom stereocenters. The summed E-state index contributed by atoms with van der Waals surface area (Å²) in [5.41, 5.74) is 8.49. The molecule has 221 valence electrons. The number of hydrogen-bond donors (Lipinski definition) is 0. The molecule has 0 spiro atoms. The Labute approximate surface area is 271 Å². The zero-order valence-corrected chi connectivity index (χ0v) is 27.2. The Morgan fingerprint density at radius 3 is 2.16 bits per heavy atom. The van der Waals surface area contributed by atoms with Crippen molar-refractivity contribution in [1.82, 2.24) is 9.97 Å². The van der Waals surface area contributed by atoms with Crippen molar-refractivity contribution in [3.8, 4) is 33.6 Å². The number of benzene rings is 4. The summed E-state index contributed by atoms with van der Waals surface area (Å²) in [6.45, 7) is 6.44. The second-order valence-corrected chi connectivity index (χ2v) is 11.0. The van der Waals surface area contributed by atoms with Gasteiger partial charge in [0.25, 0.3) is 0 Å². The van der Waals surface area contributed by atoms with Gasteiger partial charge in [-0.15, -0.1) is 54.1 Å². The first-order valence-corrected chi connectivity index (χ1v) is 14.4. The van der Waals surface area contributed by atoms with Crippen LogP contribution in [0.15, 0.2) is 120 Å². The monoisotopic (exact) mass is 755 g/mol. The molecule has 0 N–H and O–H groups in total. The van der Waals surface area contributed by atoms with Crippen LogP contribution in [0.1, 0.15) is 25.0 Å². The third-order valence-corrected chi connectivity index (χ3v) is 7.23. The average molecular weight is 755 g/mol. The first-order valence-electron chi connectivity index (χ1n) is 14.4. The van der Waals surface area contributed by atoms with Gasteiger partial charge in [0.2, 0.25) is 0 Å². The molecule has 0 saturated carbocycles. The molecule has 0 fully saturated rings. The number of aromatic nitrogens is 2. The van der Waals surface area contributed by atoms with Crippen LogP contribution in [0, 0.1) is 30.8 Å². The van der Waals surface area contributed by atoms with Crippen molar-refractivity contribution in [2.75, 3.05) is 0 Å². The molecule has 0 aliphatic heterocycles. The van der Waals surface area contributed by atoms with Crippen LogP contribution in [0.2, 0.25) is 0 Å². The third-order valence-electron chi connectivity index (χ3n) is 7.23. The van der Waals surface area contributed by atoms with E-state index < -0.39 is 0 Å². The van der Waals surface area contributed by atoms with E-state index in [9.17, 15) is 4.39 Å². The van der Waals surface area contributed by atoms with E-state index >= 15 is 0 Å². The van der Waals surface area contributed by atoms with Gasteiger partial charge in [-0.25, -0.2) is 4.39 Å². The zero-order chi connectivity index (χ0) is 29.8. The van der Waals surface area contributed by atoms with Crippen molar-refractivity contribution < 1.29 is 28.9 Å². The van der Waals surface area contributed by atoms with Crippen LogP contribution in [-0.4, -0.2) is 9.97 Å². The Balaban J connectivity index is 0.000000194. The van der Waals surface area contributed by atoms with Crippen LogP contribution >= 0.6 is 0 Å². The maximum atomic E-state index is 14.7. The van der Waals surface area contributed by atoms with Crippen LogP contribution in [0.3, 0.4) is 0 Å². The topological polar surface area (TPSA) is 38.9 Å². The minimum absolute atomic E-state index is 0. The van der Waals surface area contributed by atoms with Crippen molar-refractivity contribution in [2.45, 2.75) is 27.2 Å². The molecular formula is C39H31FIrN2O-2. The Kier molecular flexibility index (Phi) is 9.79. The number of rotatable bonds is 5. The molecule has 3 heterocycles. The molecule has 0 atom stereocenters. The van der Waals surface area contributed by atoms with E-state index in [0.29, 0.717) is 22.6 Å². The third kappa shape index (κ3) is 6.70. The summed E-state index contributed by atoms with van der Waals surface area (Å²) < 4.78 is 20.9. The fourth-order valence-corrected chi connectivity index (χ4v) is 5.19. The summed E-state index contributed by atoms with van der Waals surface area (Å²) in [5, 5.41) is 1.81. The van der Waals surface area contributed by atoms with Gasteiger partial charge in [-0.1, -0.05) is 79.4 Å². The molecule has 0 amide bonds. The van der Waals surface area contributed by atoms with Gasteiger partial charge in [0, 0.05) is 37.9 Å². The van der Waals surface area contributed by atoms with Gasteiger partial charge >= 0.3 is 0 Å². The van der Waals surface area contributed by atoms with E-state index in [1.807, 2.05) is 98.2 Å². The first kappa shape index (κ1) is 31.0. The summed E-state index contributed by atoms with van der Waals surface area (Å²) in [6, 6.07) is 39.1. The van der Waals surface area contributed by atoms with Gasteiger partial charge in [-0.3, -0.25) is 0 Å². The number of nitrogens with zero attached hydrogens (tertiary/aromatic N) is 2. The first-order chi connectivity index (χ1) is 21.0.